The van der Waals surface area contributed by atoms with E-state index in [0.717, 1.165) is 6.07 Å². The highest BCUT2D eigenvalue weighted by Gasteiger charge is 2.35. The van der Waals surface area contributed by atoms with Crippen LogP contribution in [0.25, 0.3) is 11.3 Å². The SMILES string of the molecule is O=C(Nc1nc(-c2ccccc2)ccc1C(=O)OC(F)(F)F)c1ccccc1. The Kier molecular flexibility index (Phi) is 5.39. The summed E-state index contributed by atoms with van der Waals surface area (Å²) in [7, 11) is 0. The van der Waals surface area contributed by atoms with Crippen molar-refractivity contribution in [1.29, 1.82) is 0 Å². The van der Waals surface area contributed by atoms with Crippen LogP contribution in [-0.2, 0) is 4.74 Å². The van der Waals surface area contributed by atoms with Gasteiger partial charge in [-0.15, -0.1) is 13.2 Å². The number of aromatic nitrogens is 1. The molecule has 0 radical (unpaired) electrons. The van der Waals surface area contributed by atoms with Gasteiger partial charge >= 0.3 is 12.3 Å². The number of nitrogens with zero attached hydrogens (tertiary/aromatic N) is 1. The molecule has 2 aromatic carbocycles. The third-order valence-electron chi connectivity index (χ3n) is 3.66. The van der Waals surface area contributed by atoms with E-state index in [-0.39, 0.29) is 11.4 Å². The summed E-state index contributed by atoms with van der Waals surface area (Å²) < 4.78 is 40.8. The predicted octanol–water partition coefficient (Wildman–Crippen LogP) is 4.68. The second kappa shape index (κ2) is 7.91. The quantitative estimate of drug-likeness (QED) is 0.662. The van der Waals surface area contributed by atoms with E-state index in [4.69, 9.17) is 0 Å². The third kappa shape index (κ3) is 4.73. The van der Waals surface area contributed by atoms with Crippen molar-refractivity contribution in [3.63, 3.8) is 0 Å². The number of ether oxygens (including phenoxy) is 1. The van der Waals surface area contributed by atoms with Gasteiger partial charge in [-0.1, -0.05) is 48.5 Å². The third-order valence-corrected chi connectivity index (χ3v) is 3.66. The molecule has 0 fully saturated rings. The molecule has 1 aromatic heterocycles. The van der Waals surface area contributed by atoms with Crippen molar-refractivity contribution in [2.75, 3.05) is 5.32 Å². The van der Waals surface area contributed by atoms with Gasteiger partial charge in [0.25, 0.3) is 5.91 Å². The van der Waals surface area contributed by atoms with Gasteiger partial charge in [-0.2, -0.15) is 0 Å². The molecule has 0 atom stereocenters. The van der Waals surface area contributed by atoms with Crippen LogP contribution in [0.4, 0.5) is 19.0 Å². The Morgan fingerprint density at radius 2 is 1.46 bits per heavy atom. The van der Waals surface area contributed by atoms with Crippen molar-refractivity contribution in [2.24, 2.45) is 0 Å². The number of pyridine rings is 1. The van der Waals surface area contributed by atoms with Gasteiger partial charge in [0.1, 0.15) is 11.4 Å². The molecular weight excluding hydrogens is 373 g/mol. The minimum atomic E-state index is -5.16. The van der Waals surface area contributed by atoms with Crippen LogP contribution in [0.5, 0.6) is 0 Å². The first-order valence-electron chi connectivity index (χ1n) is 8.06. The summed E-state index contributed by atoms with van der Waals surface area (Å²) in [4.78, 5) is 28.5. The van der Waals surface area contributed by atoms with Gasteiger partial charge in [0.05, 0.1) is 5.69 Å². The van der Waals surface area contributed by atoms with Crippen LogP contribution in [0, 0.1) is 0 Å². The molecule has 142 valence electrons. The number of hydrogen-bond acceptors (Lipinski definition) is 4. The molecule has 0 saturated carbocycles. The zero-order valence-corrected chi connectivity index (χ0v) is 14.2. The van der Waals surface area contributed by atoms with E-state index in [1.54, 1.807) is 48.5 Å². The molecule has 0 unspecified atom stereocenters. The Bertz CT molecular complexity index is 991. The molecule has 8 heteroatoms. The first-order chi connectivity index (χ1) is 13.3. The molecule has 0 aliphatic heterocycles. The number of carbonyl (C=O) groups excluding carboxylic acids is 2. The number of amides is 1. The minimum Gasteiger partial charge on any atom is -0.369 e. The lowest BCUT2D eigenvalue weighted by molar-refractivity contribution is -0.291. The summed E-state index contributed by atoms with van der Waals surface area (Å²) in [6, 6.07) is 19.3. The molecule has 28 heavy (non-hydrogen) atoms. The number of benzene rings is 2. The second-order valence-electron chi connectivity index (χ2n) is 5.61. The van der Waals surface area contributed by atoms with Crippen molar-refractivity contribution in [3.8, 4) is 11.3 Å². The highest BCUT2D eigenvalue weighted by molar-refractivity contribution is 6.07. The number of anilines is 1. The topological polar surface area (TPSA) is 68.3 Å². The van der Waals surface area contributed by atoms with Gasteiger partial charge in [-0.05, 0) is 24.3 Å². The molecule has 0 bridgehead atoms. The van der Waals surface area contributed by atoms with E-state index in [9.17, 15) is 22.8 Å². The number of halogens is 3. The van der Waals surface area contributed by atoms with Gasteiger partial charge in [0.15, 0.2) is 0 Å². The minimum absolute atomic E-state index is 0.254. The Morgan fingerprint density at radius 1 is 0.857 bits per heavy atom. The van der Waals surface area contributed by atoms with Crippen LogP contribution in [0.3, 0.4) is 0 Å². The van der Waals surface area contributed by atoms with Crippen LogP contribution in [0.2, 0.25) is 0 Å². The fourth-order valence-corrected chi connectivity index (χ4v) is 2.42. The van der Waals surface area contributed by atoms with Crippen molar-refractivity contribution >= 4 is 17.7 Å². The van der Waals surface area contributed by atoms with E-state index in [1.807, 2.05) is 0 Å². The average Bonchev–Trinajstić information content (AvgIpc) is 2.68. The summed E-state index contributed by atoms with van der Waals surface area (Å²) in [5, 5.41) is 2.39. The molecule has 3 aromatic rings. The first kappa shape index (κ1) is 19.1. The molecular formula is C20H13F3N2O3. The molecule has 0 spiro atoms. The van der Waals surface area contributed by atoms with Crippen molar-refractivity contribution in [1.82, 2.24) is 4.98 Å². The van der Waals surface area contributed by atoms with Gasteiger partial charge in [-0.25, -0.2) is 9.78 Å². The fraction of sp³-hybridized carbons (Fsp3) is 0.0500. The molecule has 0 saturated heterocycles. The lowest BCUT2D eigenvalue weighted by Gasteiger charge is -2.13. The van der Waals surface area contributed by atoms with Gasteiger partial charge in [-0.3, -0.25) is 4.79 Å². The second-order valence-corrected chi connectivity index (χ2v) is 5.61. The number of carbonyl (C=O) groups is 2. The average molecular weight is 386 g/mol. The number of alkyl halides is 3. The number of esters is 1. The van der Waals surface area contributed by atoms with Gasteiger partial charge in [0.2, 0.25) is 0 Å². The standard InChI is InChI=1S/C20H13F3N2O3/c21-20(22,23)28-19(27)15-11-12-16(13-7-3-1-4-8-13)24-17(15)25-18(26)14-9-5-2-6-10-14/h1-12H,(H,24,25,26). The Hall–Kier alpha value is -3.68. The van der Waals surface area contributed by atoms with Crippen LogP contribution in [-0.4, -0.2) is 23.2 Å². The van der Waals surface area contributed by atoms with E-state index in [1.165, 1.54) is 18.2 Å². The normalized spacial score (nSPS) is 11.0. The van der Waals surface area contributed by atoms with E-state index in [0.29, 0.717) is 11.3 Å². The number of hydrogen-bond donors (Lipinski definition) is 1. The summed E-state index contributed by atoms with van der Waals surface area (Å²) in [6.45, 7) is 0. The van der Waals surface area contributed by atoms with Gasteiger partial charge in [0, 0.05) is 11.1 Å². The first-order valence-corrected chi connectivity index (χ1v) is 8.06. The van der Waals surface area contributed by atoms with Crippen LogP contribution < -0.4 is 5.32 Å². The summed E-state index contributed by atoms with van der Waals surface area (Å²) in [6.07, 6.45) is -5.16. The summed E-state index contributed by atoms with van der Waals surface area (Å²) in [5.41, 5.74) is 0.770. The highest BCUT2D eigenvalue weighted by Crippen LogP contribution is 2.25. The zero-order valence-electron chi connectivity index (χ0n) is 14.2. The zero-order chi connectivity index (χ0) is 20.1. The van der Waals surface area contributed by atoms with Crippen LogP contribution in [0.15, 0.2) is 72.8 Å². The monoisotopic (exact) mass is 386 g/mol. The Balaban J connectivity index is 1.99. The summed E-state index contributed by atoms with van der Waals surface area (Å²) in [5.74, 6) is -2.62. The van der Waals surface area contributed by atoms with Gasteiger partial charge < -0.3 is 10.1 Å². The highest BCUT2D eigenvalue weighted by atomic mass is 19.4. The van der Waals surface area contributed by atoms with Crippen LogP contribution in [0.1, 0.15) is 20.7 Å². The number of rotatable bonds is 4. The predicted molar refractivity (Wildman–Crippen MR) is 95.5 cm³/mol. The van der Waals surface area contributed by atoms with E-state index < -0.39 is 23.8 Å². The van der Waals surface area contributed by atoms with E-state index in [2.05, 4.69) is 15.0 Å². The summed E-state index contributed by atoms with van der Waals surface area (Å²) >= 11 is 0. The van der Waals surface area contributed by atoms with Crippen LogP contribution >= 0.6 is 0 Å². The molecule has 1 heterocycles. The maximum atomic E-state index is 12.4. The molecule has 0 aliphatic rings. The maximum absolute atomic E-state index is 12.4. The Morgan fingerprint density at radius 3 is 2.07 bits per heavy atom. The molecule has 0 aliphatic carbocycles. The molecule has 1 N–H and O–H groups in total. The lowest BCUT2D eigenvalue weighted by Crippen LogP contribution is -2.22. The Labute approximate surface area is 157 Å². The molecule has 3 rings (SSSR count). The smallest absolute Gasteiger partial charge is 0.369 e. The van der Waals surface area contributed by atoms with E-state index >= 15 is 0 Å². The maximum Gasteiger partial charge on any atom is 0.575 e. The largest absolute Gasteiger partial charge is 0.575 e. The number of nitrogens with one attached hydrogen (secondary N) is 1. The fourth-order valence-electron chi connectivity index (χ4n) is 2.42. The van der Waals surface area contributed by atoms with Crippen molar-refractivity contribution in [3.05, 3.63) is 83.9 Å². The lowest BCUT2D eigenvalue weighted by atomic mass is 10.1. The van der Waals surface area contributed by atoms with Crippen molar-refractivity contribution < 1.29 is 27.5 Å². The molecule has 5 nitrogen and oxygen atoms in total. The van der Waals surface area contributed by atoms with Crippen molar-refractivity contribution in [2.45, 2.75) is 6.36 Å². The molecule has 1 amide bonds.